The largest absolute Gasteiger partial charge is 0.377 e. The Bertz CT molecular complexity index is 491. The van der Waals surface area contributed by atoms with Crippen LogP contribution in [0.5, 0.6) is 0 Å². The predicted molar refractivity (Wildman–Crippen MR) is 74.5 cm³/mol. The molecule has 4 nitrogen and oxygen atoms in total. The van der Waals surface area contributed by atoms with E-state index in [-0.39, 0.29) is 4.90 Å². The minimum Gasteiger partial charge on any atom is -0.377 e. The molecule has 1 aromatic carbocycles. The maximum atomic E-state index is 12.0. The molecule has 1 atom stereocenters. The van der Waals surface area contributed by atoms with Gasteiger partial charge in [-0.15, -0.1) is 6.58 Å². The van der Waals surface area contributed by atoms with E-state index in [1.807, 2.05) is 6.92 Å². The molecule has 1 aromatic rings. The van der Waals surface area contributed by atoms with Crippen LogP contribution in [0.3, 0.4) is 0 Å². The lowest BCUT2D eigenvalue weighted by Crippen LogP contribution is -2.17. The molecule has 0 N–H and O–H groups in total. The Morgan fingerprint density at radius 2 is 1.95 bits per heavy atom. The molecular formula is C14H20O4S. The summed E-state index contributed by atoms with van der Waals surface area (Å²) in [5, 5.41) is 0. The molecule has 0 fully saturated rings. The zero-order chi connectivity index (χ0) is 14.3. The fraction of sp³-hybridized carbons (Fsp3) is 0.429. The Balaban J connectivity index is 2.54. The molecule has 0 aliphatic heterocycles. The minimum absolute atomic E-state index is 0.178. The highest BCUT2D eigenvalue weighted by Gasteiger charge is 2.18. The van der Waals surface area contributed by atoms with Crippen LogP contribution in [-0.4, -0.2) is 27.7 Å². The number of rotatable bonds is 8. The maximum absolute atomic E-state index is 12.0. The van der Waals surface area contributed by atoms with E-state index in [4.69, 9.17) is 8.92 Å². The van der Waals surface area contributed by atoms with Crippen molar-refractivity contribution in [1.29, 1.82) is 0 Å². The second-order valence-electron chi connectivity index (χ2n) is 4.33. The SMILES string of the molecule is C=CCOCC[C@@H](C)OS(=O)(=O)c1ccc(C)cc1. The fourth-order valence-corrected chi connectivity index (χ4v) is 2.55. The highest BCUT2D eigenvalue weighted by Crippen LogP contribution is 2.16. The molecule has 19 heavy (non-hydrogen) atoms. The average Bonchev–Trinajstić information content (AvgIpc) is 2.34. The first-order valence-electron chi connectivity index (χ1n) is 6.14. The molecule has 5 heteroatoms. The normalized spacial score (nSPS) is 13.2. The van der Waals surface area contributed by atoms with E-state index in [9.17, 15) is 8.42 Å². The van der Waals surface area contributed by atoms with Crippen molar-refractivity contribution in [2.24, 2.45) is 0 Å². The lowest BCUT2D eigenvalue weighted by atomic mass is 10.2. The van der Waals surface area contributed by atoms with Crippen molar-refractivity contribution in [3.63, 3.8) is 0 Å². The Morgan fingerprint density at radius 1 is 1.32 bits per heavy atom. The summed E-state index contributed by atoms with van der Waals surface area (Å²) >= 11 is 0. The van der Waals surface area contributed by atoms with Crippen LogP contribution in [-0.2, 0) is 19.0 Å². The van der Waals surface area contributed by atoms with Crippen LogP contribution >= 0.6 is 0 Å². The van der Waals surface area contributed by atoms with Crippen LogP contribution in [0.15, 0.2) is 41.8 Å². The first-order chi connectivity index (χ1) is 8.95. The van der Waals surface area contributed by atoms with Crippen LogP contribution < -0.4 is 0 Å². The molecule has 0 heterocycles. The number of hydrogen-bond donors (Lipinski definition) is 0. The van der Waals surface area contributed by atoms with E-state index in [0.29, 0.717) is 19.6 Å². The van der Waals surface area contributed by atoms with Gasteiger partial charge in [0, 0.05) is 6.61 Å². The van der Waals surface area contributed by atoms with E-state index in [1.165, 1.54) is 0 Å². The molecular weight excluding hydrogens is 264 g/mol. The average molecular weight is 284 g/mol. The zero-order valence-corrected chi connectivity index (χ0v) is 12.2. The first-order valence-corrected chi connectivity index (χ1v) is 7.55. The predicted octanol–water partition coefficient (Wildman–Crippen LogP) is 2.68. The van der Waals surface area contributed by atoms with Gasteiger partial charge in [-0.05, 0) is 32.4 Å². The van der Waals surface area contributed by atoms with E-state index in [2.05, 4.69) is 6.58 Å². The van der Waals surface area contributed by atoms with Gasteiger partial charge in [-0.2, -0.15) is 8.42 Å². The molecule has 0 saturated carbocycles. The summed E-state index contributed by atoms with van der Waals surface area (Å²) in [6.07, 6.45) is 1.74. The Kier molecular flexibility index (Phi) is 6.21. The molecule has 0 spiro atoms. The molecule has 0 aliphatic rings. The molecule has 1 rings (SSSR count). The molecule has 0 unspecified atom stereocenters. The van der Waals surface area contributed by atoms with Gasteiger partial charge in [0.05, 0.1) is 17.6 Å². The first kappa shape index (κ1) is 15.9. The quantitative estimate of drug-likeness (QED) is 0.418. The topological polar surface area (TPSA) is 52.6 Å². The second kappa shape index (κ2) is 7.43. The highest BCUT2D eigenvalue weighted by molar-refractivity contribution is 7.86. The van der Waals surface area contributed by atoms with E-state index < -0.39 is 16.2 Å². The summed E-state index contributed by atoms with van der Waals surface area (Å²) in [4.78, 5) is 0.178. The highest BCUT2D eigenvalue weighted by atomic mass is 32.2. The summed E-state index contributed by atoms with van der Waals surface area (Å²) in [7, 11) is -3.69. The van der Waals surface area contributed by atoms with Crippen molar-refractivity contribution >= 4 is 10.1 Å². The number of hydrogen-bond acceptors (Lipinski definition) is 4. The van der Waals surface area contributed by atoms with Gasteiger partial charge in [0.2, 0.25) is 0 Å². The summed E-state index contributed by atoms with van der Waals surface area (Å²) in [5.74, 6) is 0. The van der Waals surface area contributed by atoms with E-state index in [0.717, 1.165) is 5.56 Å². The van der Waals surface area contributed by atoms with Crippen molar-refractivity contribution in [3.8, 4) is 0 Å². The van der Waals surface area contributed by atoms with Gasteiger partial charge in [-0.25, -0.2) is 0 Å². The molecule has 0 aromatic heterocycles. The van der Waals surface area contributed by atoms with Gasteiger partial charge in [-0.3, -0.25) is 4.18 Å². The van der Waals surface area contributed by atoms with Crippen LogP contribution in [0.25, 0.3) is 0 Å². The molecule has 0 amide bonds. The Hall–Kier alpha value is -1.17. The third-order valence-corrected chi connectivity index (χ3v) is 3.94. The zero-order valence-electron chi connectivity index (χ0n) is 11.3. The monoisotopic (exact) mass is 284 g/mol. The number of aryl methyl sites for hydroxylation is 1. The molecule has 0 radical (unpaired) electrons. The van der Waals surface area contributed by atoms with Crippen LogP contribution in [0.1, 0.15) is 18.9 Å². The maximum Gasteiger partial charge on any atom is 0.297 e. The lowest BCUT2D eigenvalue weighted by molar-refractivity contribution is 0.118. The molecule has 106 valence electrons. The number of ether oxygens (including phenoxy) is 1. The van der Waals surface area contributed by atoms with Crippen molar-refractivity contribution in [2.45, 2.75) is 31.3 Å². The van der Waals surface area contributed by atoms with Crippen LogP contribution in [0, 0.1) is 6.92 Å². The summed E-state index contributed by atoms with van der Waals surface area (Å²) in [6, 6.07) is 6.58. The minimum atomic E-state index is -3.69. The molecule has 0 saturated heterocycles. The van der Waals surface area contributed by atoms with E-state index >= 15 is 0 Å². The molecule has 0 aliphatic carbocycles. The van der Waals surface area contributed by atoms with Gasteiger partial charge < -0.3 is 4.74 Å². The van der Waals surface area contributed by atoms with Crippen LogP contribution in [0.4, 0.5) is 0 Å². The smallest absolute Gasteiger partial charge is 0.297 e. The molecule has 0 bridgehead atoms. The van der Waals surface area contributed by atoms with Crippen LogP contribution in [0.2, 0.25) is 0 Å². The summed E-state index contributed by atoms with van der Waals surface area (Å²) in [5.41, 5.74) is 1.00. The summed E-state index contributed by atoms with van der Waals surface area (Å²) < 4.78 is 34.2. The van der Waals surface area contributed by atoms with Crippen molar-refractivity contribution in [1.82, 2.24) is 0 Å². The van der Waals surface area contributed by atoms with Gasteiger partial charge in [-0.1, -0.05) is 23.8 Å². The van der Waals surface area contributed by atoms with Gasteiger partial charge in [0.1, 0.15) is 0 Å². The van der Waals surface area contributed by atoms with Gasteiger partial charge >= 0.3 is 0 Å². The second-order valence-corrected chi connectivity index (χ2v) is 5.90. The number of benzene rings is 1. The Morgan fingerprint density at radius 3 is 2.53 bits per heavy atom. The fourth-order valence-electron chi connectivity index (χ4n) is 1.44. The van der Waals surface area contributed by atoms with E-state index in [1.54, 1.807) is 37.3 Å². The standard InChI is InChI=1S/C14H20O4S/c1-4-10-17-11-9-13(3)18-19(15,16)14-7-5-12(2)6-8-14/h4-8,13H,1,9-11H2,2-3H3/t13-/m1/s1. The van der Waals surface area contributed by atoms with Crippen molar-refractivity contribution in [2.75, 3.05) is 13.2 Å². The summed E-state index contributed by atoms with van der Waals surface area (Å²) in [6.45, 7) is 8.04. The van der Waals surface area contributed by atoms with Crippen molar-refractivity contribution in [3.05, 3.63) is 42.5 Å². The lowest BCUT2D eigenvalue weighted by Gasteiger charge is -2.13. The van der Waals surface area contributed by atoms with Gasteiger partial charge in [0.25, 0.3) is 10.1 Å². The van der Waals surface area contributed by atoms with Crippen molar-refractivity contribution < 1.29 is 17.3 Å². The third-order valence-electron chi connectivity index (χ3n) is 2.51. The third kappa shape index (κ3) is 5.55. The van der Waals surface area contributed by atoms with Gasteiger partial charge in [0.15, 0.2) is 0 Å². The Labute approximate surface area is 115 Å².